The summed E-state index contributed by atoms with van der Waals surface area (Å²) in [6.45, 7) is 6.13. The Kier molecular flexibility index (Phi) is 5.51. The maximum Gasteiger partial charge on any atom is 0.0208 e. The van der Waals surface area contributed by atoms with Crippen molar-refractivity contribution in [3.05, 3.63) is 41.5 Å². The zero-order chi connectivity index (χ0) is 11.1. The van der Waals surface area contributed by atoms with Crippen molar-refractivity contribution in [1.82, 2.24) is 5.32 Å². The molecular weight excluding hydrogens is 202 g/mol. The molecular formula is C13H19NS. The number of rotatable bonds is 5. The van der Waals surface area contributed by atoms with E-state index in [0.717, 1.165) is 13.1 Å². The van der Waals surface area contributed by atoms with Gasteiger partial charge in [-0.1, -0.05) is 23.8 Å². The summed E-state index contributed by atoms with van der Waals surface area (Å²) in [5.41, 5.74) is 2.70. The topological polar surface area (TPSA) is 12.0 Å². The Balaban J connectivity index is 2.35. The molecule has 0 aliphatic heterocycles. The van der Waals surface area contributed by atoms with E-state index in [-0.39, 0.29) is 0 Å². The van der Waals surface area contributed by atoms with Crippen LogP contribution in [-0.4, -0.2) is 12.8 Å². The van der Waals surface area contributed by atoms with Crippen LogP contribution in [0.5, 0.6) is 0 Å². The van der Waals surface area contributed by atoms with E-state index in [1.165, 1.54) is 16.0 Å². The van der Waals surface area contributed by atoms with Gasteiger partial charge in [-0.05, 0) is 37.8 Å². The second-order valence-electron chi connectivity index (χ2n) is 3.76. The number of nitrogens with one attached hydrogen (secondary N) is 1. The average molecular weight is 221 g/mol. The summed E-state index contributed by atoms with van der Waals surface area (Å²) in [7, 11) is 0. The molecule has 1 aromatic carbocycles. The smallest absolute Gasteiger partial charge is 0.0208 e. The normalized spacial score (nSPS) is 10.1. The van der Waals surface area contributed by atoms with Gasteiger partial charge in [-0.3, -0.25) is 0 Å². The molecule has 0 aliphatic rings. The Bertz CT molecular complexity index is 310. The van der Waals surface area contributed by atoms with Crippen molar-refractivity contribution in [3.8, 4) is 0 Å². The molecule has 1 N–H and O–H groups in total. The number of allylic oxidation sites excluding steroid dienone is 1. The zero-order valence-electron chi connectivity index (χ0n) is 9.71. The van der Waals surface area contributed by atoms with Crippen molar-refractivity contribution in [3.63, 3.8) is 0 Å². The van der Waals surface area contributed by atoms with E-state index in [1.54, 1.807) is 11.8 Å². The van der Waals surface area contributed by atoms with Crippen molar-refractivity contribution >= 4 is 11.8 Å². The van der Waals surface area contributed by atoms with Crippen LogP contribution in [0.2, 0.25) is 0 Å². The van der Waals surface area contributed by atoms with Crippen molar-refractivity contribution in [2.45, 2.75) is 25.3 Å². The maximum absolute atomic E-state index is 3.39. The van der Waals surface area contributed by atoms with Gasteiger partial charge in [-0.2, -0.15) is 0 Å². The number of benzene rings is 1. The lowest BCUT2D eigenvalue weighted by atomic mass is 10.2. The molecule has 0 unspecified atom stereocenters. The summed E-state index contributed by atoms with van der Waals surface area (Å²) < 4.78 is 0. The predicted octanol–water partition coefficient (Wildman–Crippen LogP) is 3.46. The number of thioether (sulfide) groups is 1. The molecule has 0 heterocycles. The molecule has 0 saturated carbocycles. The predicted molar refractivity (Wildman–Crippen MR) is 69.4 cm³/mol. The van der Waals surface area contributed by atoms with Gasteiger partial charge < -0.3 is 5.32 Å². The van der Waals surface area contributed by atoms with Gasteiger partial charge in [0.1, 0.15) is 0 Å². The fourth-order valence-corrected chi connectivity index (χ4v) is 1.64. The average Bonchev–Trinajstić information content (AvgIpc) is 2.25. The summed E-state index contributed by atoms with van der Waals surface area (Å²) in [4.78, 5) is 1.32. The maximum atomic E-state index is 3.39. The second kappa shape index (κ2) is 6.70. The molecule has 0 aromatic heterocycles. The van der Waals surface area contributed by atoms with Gasteiger partial charge in [-0.15, -0.1) is 11.8 Å². The first-order valence-electron chi connectivity index (χ1n) is 5.19. The third-order valence-electron chi connectivity index (χ3n) is 2.14. The van der Waals surface area contributed by atoms with Crippen LogP contribution in [0, 0.1) is 0 Å². The highest BCUT2D eigenvalue weighted by Crippen LogP contribution is 2.14. The lowest BCUT2D eigenvalue weighted by molar-refractivity contribution is 0.756. The van der Waals surface area contributed by atoms with E-state index < -0.39 is 0 Å². The molecule has 0 bridgehead atoms. The first-order valence-corrected chi connectivity index (χ1v) is 6.42. The van der Waals surface area contributed by atoms with Crippen LogP contribution in [0.3, 0.4) is 0 Å². The number of hydrogen-bond donors (Lipinski definition) is 1. The number of hydrogen-bond acceptors (Lipinski definition) is 2. The van der Waals surface area contributed by atoms with Crippen LogP contribution in [0.15, 0.2) is 40.8 Å². The Hall–Kier alpha value is -0.730. The summed E-state index contributed by atoms with van der Waals surface area (Å²) >= 11 is 1.78. The highest BCUT2D eigenvalue weighted by molar-refractivity contribution is 7.98. The van der Waals surface area contributed by atoms with Crippen molar-refractivity contribution in [2.24, 2.45) is 0 Å². The third-order valence-corrected chi connectivity index (χ3v) is 2.89. The molecule has 1 nitrogen and oxygen atoms in total. The molecule has 0 spiro atoms. The summed E-state index contributed by atoms with van der Waals surface area (Å²) in [5, 5.41) is 3.39. The Morgan fingerprint density at radius 1 is 1.27 bits per heavy atom. The van der Waals surface area contributed by atoms with Gasteiger partial charge in [-0.25, -0.2) is 0 Å². The van der Waals surface area contributed by atoms with Gasteiger partial charge in [0.25, 0.3) is 0 Å². The minimum atomic E-state index is 0.943. The van der Waals surface area contributed by atoms with E-state index in [2.05, 4.69) is 55.8 Å². The Morgan fingerprint density at radius 2 is 1.93 bits per heavy atom. The molecule has 15 heavy (non-hydrogen) atoms. The molecule has 1 rings (SSSR count). The standard InChI is InChI=1S/C13H19NS/c1-11(2)8-9-14-10-12-4-6-13(15-3)7-5-12/h4-8,14H,9-10H2,1-3H3. The molecule has 0 amide bonds. The first-order chi connectivity index (χ1) is 7.22. The summed E-state index contributed by atoms with van der Waals surface area (Å²) in [6, 6.07) is 8.70. The molecule has 0 aliphatic carbocycles. The molecule has 0 saturated heterocycles. The van der Waals surface area contributed by atoms with Crippen LogP contribution in [0.25, 0.3) is 0 Å². The minimum absolute atomic E-state index is 0.943. The van der Waals surface area contributed by atoms with Crippen LogP contribution in [0.1, 0.15) is 19.4 Å². The van der Waals surface area contributed by atoms with Gasteiger partial charge in [0.05, 0.1) is 0 Å². The Morgan fingerprint density at radius 3 is 2.47 bits per heavy atom. The quantitative estimate of drug-likeness (QED) is 0.464. The van der Waals surface area contributed by atoms with Gasteiger partial charge >= 0.3 is 0 Å². The monoisotopic (exact) mass is 221 g/mol. The molecule has 0 radical (unpaired) electrons. The second-order valence-corrected chi connectivity index (χ2v) is 4.64. The highest BCUT2D eigenvalue weighted by atomic mass is 32.2. The first kappa shape index (κ1) is 12.3. The molecule has 0 atom stereocenters. The summed E-state index contributed by atoms with van der Waals surface area (Å²) in [5.74, 6) is 0. The summed E-state index contributed by atoms with van der Waals surface area (Å²) in [6.07, 6.45) is 4.30. The lowest BCUT2D eigenvalue weighted by Crippen LogP contribution is -2.12. The minimum Gasteiger partial charge on any atom is -0.309 e. The van der Waals surface area contributed by atoms with Gasteiger partial charge in [0, 0.05) is 18.0 Å². The van der Waals surface area contributed by atoms with E-state index in [9.17, 15) is 0 Å². The van der Waals surface area contributed by atoms with Crippen LogP contribution in [-0.2, 0) is 6.54 Å². The van der Waals surface area contributed by atoms with Crippen molar-refractivity contribution < 1.29 is 0 Å². The third kappa shape index (κ3) is 5.05. The van der Waals surface area contributed by atoms with Crippen molar-refractivity contribution in [1.29, 1.82) is 0 Å². The van der Waals surface area contributed by atoms with Crippen LogP contribution in [0.4, 0.5) is 0 Å². The van der Waals surface area contributed by atoms with Crippen molar-refractivity contribution in [2.75, 3.05) is 12.8 Å². The highest BCUT2D eigenvalue weighted by Gasteiger charge is 1.92. The fourth-order valence-electron chi connectivity index (χ4n) is 1.24. The van der Waals surface area contributed by atoms with E-state index in [4.69, 9.17) is 0 Å². The van der Waals surface area contributed by atoms with Crippen LogP contribution >= 0.6 is 11.8 Å². The Labute approximate surface area is 97.0 Å². The zero-order valence-corrected chi connectivity index (χ0v) is 10.5. The largest absolute Gasteiger partial charge is 0.309 e. The molecule has 0 fully saturated rings. The van der Waals surface area contributed by atoms with E-state index >= 15 is 0 Å². The molecule has 2 heteroatoms. The molecule has 82 valence electrons. The lowest BCUT2D eigenvalue weighted by Gasteiger charge is -2.03. The van der Waals surface area contributed by atoms with E-state index in [0.29, 0.717) is 0 Å². The van der Waals surface area contributed by atoms with Crippen LogP contribution < -0.4 is 5.32 Å². The van der Waals surface area contributed by atoms with Gasteiger partial charge in [0.15, 0.2) is 0 Å². The van der Waals surface area contributed by atoms with Gasteiger partial charge in [0.2, 0.25) is 0 Å². The SMILES string of the molecule is CSc1ccc(CNCC=C(C)C)cc1. The van der Waals surface area contributed by atoms with E-state index in [1.807, 2.05) is 0 Å². The molecule has 1 aromatic rings. The fraction of sp³-hybridized carbons (Fsp3) is 0.385.